The fraction of sp³-hybridized carbons (Fsp3) is 1.00. The van der Waals surface area contributed by atoms with Crippen molar-refractivity contribution < 1.29 is 0 Å². The summed E-state index contributed by atoms with van der Waals surface area (Å²) in [5, 5.41) is 3.31. The minimum atomic E-state index is 0.501. The lowest BCUT2D eigenvalue weighted by atomic mass is 9.78. The third kappa shape index (κ3) is 9.10. The summed E-state index contributed by atoms with van der Waals surface area (Å²) in [4.78, 5) is 0. The number of nitrogens with one attached hydrogen (secondary N) is 1. The van der Waals surface area contributed by atoms with Gasteiger partial charge in [0.1, 0.15) is 0 Å². The third-order valence-corrected chi connectivity index (χ3v) is 5.89. The standard InChI is InChI=1S/C12H25N.C9H19N/c1-10(2)7-11-5-4-6-12(8-11)9-13-3;1-7(2)8-4-3-5-9(10)6-8/h10-13H,4-9H2,1-3H3;7-9H,3-6,10H2,1-2H3. The predicted molar refractivity (Wildman–Crippen MR) is 104 cm³/mol. The smallest absolute Gasteiger partial charge is 0.00415 e. The van der Waals surface area contributed by atoms with Crippen molar-refractivity contribution in [1.29, 1.82) is 0 Å². The lowest BCUT2D eigenvalue weighted by molar-refractivity contribution is 0.233. The van der Waals surface area contributed by atoms with Crippen LogP contribution in [0.1, 0.15) is 85.5 Å². The fourth-order valence-corrected chi connectivity index (χ4v) is 4.63. The molecule has 2 fully saturated rings. The molecule has 2 nitrogen and oxygen atoms in total. The first-order valence-corrected chi connectivity index (χ1v) is 10.3. The Balaban J connectivity index is 0.000000238. The van der Waals surface area contributed by atoms with Gasteiger partial charge < -0.3 is 11.1 Å². The minimum Gasteiger partial charge on any atom is -0.328 e. The van der Waals surface area contributed by atoms with E-state index in [1.807, 2.05) is 0 Å². The molecule has 0 spiro atoms. The summed E-state index contributed by atoms with van der Waals surface area (Å²) in [7, 11) is 2.08. The molecule has 2 aliphatic rings. The first-order chi connectivity index (χ1) is 10.9. The highest BCUT2D eigenvalue weighted by atomic mass is 14.8. The zero-order valence-electron chi connectivity index (χ0n) is 16.6. The molecule has 0 radical (unpaired) electrons. The van der Waals surface area contributed by atoms with E-state index in [0.29, 0.717) is 6.04 Å². The van der Waals surface area contributed by atoms with Crippen molar-refractivity contribution in [3.63, 3.8) is 0 Å². The maximum Gasteiger partial charge on any atom is 0.00415 e. The molecule has 2 heteroatoms. The first kappa shape index (κ1) is 21.0. The summed E-state index contributed by atoms with van der Waals surface area (Å²) in [6.07, 6.45) is 12.6. The van der Waals surface area contributed by atoms with E-state index >= 15 is 0 Å². The van der Waals surface area contributed by atoms with Crippen LogP contribution in [0, 0.1) is 29.6 Å². The largest absolute Gasteiger partial charge is 0.328 e. The van der Waals surface area contributed by atoms with Gasteiger partial charge in [0, 0.05) is 6.04 Å². The molecule has 3 N–H and O–H groups in total. The molecule has 2 saturated carbocycles. The van der Waals surface area contributed by atoms with E-state index in [9.17, 15) is 0 Å². The van der Waals surface area contributed by atoms with Crippen LogP contribution in [0.15, 0.2) is 0 Å². The zero-order chi connectivity index (χ0) is 17.2. The van der Waals surface area contributed by atoms with Crippen LogP contribution in [0.5, 0.6) is 0 Å². The normalized spacial score (nSPS) is 31.8. The minimum absolute atomic E-state index is 0.501. The Hall–Kier alpha value is -0.0800. The number of hydrogen-bond donors (Lipinski definition) is 2. The number of nitrogens with two attached hydrogens (primary N) is 1. The average Bonchev–Trinajstić information content (AvgIpc) is 2.48. The molecule has 4 atom stereocenters. The quantitative estimate of drug-likeness (QED) is 0.727. The van der Waals surface area contributed by atoms with E-state index in [-0.39, 0.29) is 0 Å². The van der Waals surface area contributed by atoms with Crippen LogP contribution in [-0.4, -0.2) is 19.6 Å². The SMILES string of the molecule is CC(C)C1CCCC(N)C1.CNCC1CCCC(CC(C)C)C1. The molecule has 2 rings (SSSR count). The van der Waals surface area contributed by atoms with Gasteiger partial charge in [0.2, 0.25) is 0 Å². The summed E-state index contributed by atoms with van der Waals surface area (Å²) in [6.45, 7) is 10.5. The van der Waals surface area contributed by atoms with E-state index in [0.717, 1.165) is 29.6 Å². The molecule has 4 unspecified atom stereocenters. The van der Waals surface area contributed by atoms with Crippen LogP contribution in [0.25, 0.3) is 0 Å². The molecule has 0 bridgehead atoms. The molecule has 0 aromatic carbocycles. The van der Waals surface area contributed by atoms with Gasteiger partial charge in [-0.3, -0.25) is 0 Å². The average molecular weight is 325 g/mol. The van der Waals surface area contributed by atoms with Gasteiger partial charge in [0.05, 0.1) is 0 Å². The molecule has 0 amide bonds. The number of rotatable bonds is 5. The van der Waals surface area contributed by atoms with Crippen LogP contribution in [0.4, 0.5) is 0 Å². The molecule has 23 heavy (non-hydrogen) atoms. The van der Waals surface area contributed by atoms with Crippen LogP contribution >= 0.6 is 0 Å². The second-order valence-electron chi connectivity index (χ2n) is 9.02. The lowest BCUT2D eigenvalue weighted by Gasteiger charge is -2.30. The summed E-state index contributed by atoms with van der Waals surface area (Å²) in [5.41, 5.74) is 5.86. The second-order valence-corrected chi connectivity index (χ2v) is 9.02. The molecule has 2 aliphatic carbocycles. The summed E-state index contributed by atoms with van der Waals surface area (Å²) in [6, 6.07) is 0.501. The number of hydrogen-bond acceptors (Lipinski definition) is 2. The van der Waals surface area contributed by atoms with Crippen LogP contribution < -0.4 is 11.1 Å². The fourth-order valence-electron chi connectivity index (χ4n) is 4.63. The van der Waals surface area contributed by atoms with Gasteiger partial charge in [-0.25, -0.2) is 0 Å². The lowest BCUT2D eigenvalue weighted by Crippen LogP contribution is -2.29. The molecule has 138 valence electrons. The zero-order valence-corrected chi connectivity index (χ0v) is 16.6. The summed E-state index contributed by atoms with van der Waals surface area (Å²) >= 11 is 0. The Labute approximate surface area is 146 Å². The van der Waals surface area contributed by atoms with Crippen LogP contribution in [0.2, 0.25) is 0 Å². The van der Waals surface area contributed by atoms with Crippen LogP contribution in [0.3, 0.4) is 0 Å². The van der Waals surface area contributed by atoms with Gasteiger partial charge in [-0.05, 0) is 75.3 Å². The first-order valence-electron chi connectivity index (χ1n) is 10.3. The van der Waals surface area contributed by atoms with E-state index in [1.54, 1.807) is 0 Å². The molecule has 0 heterocycles. The Kier molecular flexibility index (Phi) is 10.5. The maximum absolute atomic E-state index is 5.86. The third-order valence-electron chi connectivity index (χ3n) is 5.89. The molecule has 0 saturated heterocycles. The van der Waals surface area contributed by atoms with Gasteiger partial charge >= 0.3 is 0 Å². The Bertz CT molecular complexity index is 286. The monoisotopic (exact) mass is 324 g/mol. The molecular weight excluding hydrogens is 280 g/mol. The molecule has 0 aromatic heterocycles. The van der Waals surface area contributed by atoms with E-state index in [1.165, 1.54) is 64.3 Å². The topological polar surface area (TPSA) is 38.0 Å². The van der Waals surface area contributed by atoms with Crippen molar-refractivity contribution in [3.05, 3.63) is 0 Å². The van der Waals surface area contributed by atoms with E-state index < -0.39 is 0 Å². The Morgan fingerprint density at radius 1 is 0.913 bits per heavy atom. The predicted octanol–water partition coefficient (Wildman–Crippen LogP) is 5.22. The van der Waals surface area contributed by atoms with Gasteiger partial charge in [-0.1, -0.05) is 53.4 Å². The molecule has 0 aromatic rings. The molecular formula is C21H44N2. The Morgan fingerprint density at radius 2 is 1.57 bits per heavy atom. The maximum atomic E-state index is 5.86. The van der Waals surface area contributed by atoms with Gasteiger partial charge in [-0.15, -0.1) is 0 Å². The van der Waals surface area contributed by atoms with E-state index in [2.05, 4.69) is 40.1 Å². The van der Waals surface area contributed by atoms with Crippen molar-refractivity contribution in [2.75, 3.05) is 13.6 Å². The van der Waals surface area contributed by atoms with Crippen molar-refractivity contribution in [3.8, 4) is 0 Å². The highest BCUT2D eigenvalue weighted by Crippen LogP contribution is 2.32. The molecule has 0 aliphatic heterocycles. The van der Waals surface area contributed by atoms with Crippen molar-refractivity contribution in [1.82, 2.24) is 5.32 Å². The van der Waals surface area contributed by atoms with Crippen LogP contribution in [-0.2, 0) is 0 Å². The van der Waals surface area contributed by atoms with Gasteiger partial charge in [0.15, 0.2) is 0 Å². The summed E-state index contributed by atoms with van der Waals surface area (Å²) in [5.74, 6) is 4.61. The van der Waals surface area contributed by atoms with Crippen molar-refractivity contribution in [2.24, 2.45) is 35.3 Å². The van der Waals surface area contributed by atoms with Gasteiger partial charge in [0.25, 0.3) is 0 Å². The van der Waals surface area contributed by atoms with Crippen molar-refractivity contribution >= 4 is 0 Å². The summed E-state index contributed by atoms with van der Waals surface area (Å²) < 4.78 is 0. The van der Waals surface area contributed by atoms with Gasteiger partial charge in [-0.2, -0.15) is 0 Å². The Morgan fingerprint density at radius 3 is 2.09 bits per heavy atom. The highest BCUT2D eigenvalue weighted by Gasteiger charge is 2.22. The van der Waals surface area contributed by atoms with E-state index in [4.69, 9.17) is 5.73 Å². The van der Waals surface area contributed by atoms with Crippen molar-refractivity contribution in [2.45, 2.75) is 91.5 Å². The second kappa shape index (κ2) is 11.5. The highest BCUT2D eigenvalue weighted by molar-refractivity contribution is 4.76.